The minimum absolute atomic E-state index is 0.0949. The molecule has 1 N–H and O–H groups in total. The first-order chi connectivity index (χ1) is 6.18. The molecule has 13 heavy (non-hydrogen) atoms. The van der Waals surface area contributed by atoms with Gasteiger partial charge in [-0.15, -0.1) is 11.3 Å². The maximum atomic E-state index is 10.8. The Morgan fingerprint density at radius 3 is 3.00 bits per heavy atom. The number of rotatable bonds is 1. The van der Waals surface area contributed by atoms with Crippen LogP contribution in [0.1, 0.15) is 16.3 Å². The first kappa shape index (κ1) is 8.12. The van der Waals surface area contributed by atoms with Gasteiger partial charge >= 0.3 is 5.97 Å². The lowest BCUT2D eigenvalue weighted by Crippen LogP contribution is -2.02. The number of nitrogens with zero attached hydrogens (tertiary/aromatic N) is 2. The quantitative estimate of drug-likeness (QED) is 0.750. The number of aromatic nitrogens is 2. The number of hydrogen-bond donors (Lipinski definition) is 1. The molecule has 2 rings (SSSR count). The monoisotopic (exact) mass is 194 g/mol. The fourth-order valence-electron chi connectivity index (χ4n) is 1.12. The Labute approximate surface area is 77.9 Å². The minimum atomic E-state index is -1.00. The van der Waals surface area contributed by atoms with Crippen LogP contribution in [0.15, 0.2) is 11.4 Å². The summed E-state index contributed by atoms with van der Waals surface area (Å²) in [4.78, 5) is 18.8. The third kappa shape index (κ3) is 1.27. The Morgan fingerprint density at radius 2 is 2.31 bits per heavy atom. The van der Waals surface area contributed by atoms with E-state index in [1.54, 1.807) is 13.0 Å². The topological polar surface area (TPSA) is 63.1 Å². The summed E-state index contributed by atoms with van der Waals surface area (Å²) in [6.45, 7) is 1.68. The largest absolute Gasteiger partial charge is 0.476 e. The lowest BCUT2D eigenvalue weighted by molar-refractivity contribution is 0.0692. The second-order valence-electron chi connectivity index (χ2n) is 2.56. The number of hydrogen-bond acceptors (Lipinski definition) is 4. The van der Waals surface area contributed by atoms with Crippen LogP contribution in [0.4, 0.5) is 0 Å². The normalized spacial score (nSPS) is 10.5. The lowest BCUT2D eigenvalue weighted by atomic mass is 10.3. The highest BCUT2D eigenvalue weighted by molar-refractivity contribution is 7.17. The summed E-state index contributed by atoms with van der Waals surface area (Å²) in [5.41, 5.74) is 0.799. The van der Waals surface area contributed by atoms with E-state index in [1.165, 1.54) is 11.3 Å². The fourth-order valence-corrected chi connectivity index (χ4v) is 1.94. The van der Waals surface area contributed by atoms with Gasteiger partial charge in [0.1, 0.15) is 5.82 Å². The zero-order chi connectivity index (χ0) is 9.42. The van der Waals surface area contributed by atoms with Crippen molar-refractivity contribution in [3.63, 3.8) is 0 Å². The van der Waals surface area contributed by atoms with Gasteiger partial charge in [-0.2, -0.15) is 0 Å². The van der Waals surface area contributed by atoms with Gasteiger partial charge in [0.2, 0.25) is 0 Å². The average Bonchev–Trinajstić information content (AvgIpc) is 2.49. The van der Waals surface area contributed by atoms with Crippen LogP contribution >= 0.6 is 11.3 Å². The van der Waals surface area contributed by atoms with Gasteiger partial charge in [-0.1, -0.05) is 0 Å². The van der Waals surface area contributed by atoms with Crippen LogP contribution in [-0.2, 0) is 0 Å². The summed E-state index contributed by atoms with van der Waals surface area (Å²) in [5.74, 6) is -0.513. The predicted octanol–water partition coefficient (Wildman–Crippen LogP) is 1.70. The van der Waals surface area contributed by atoms with E-state index in [0.29, 0.717) is 16.0 Å². The third-order valence-electron chi connectivity index (χ3n) is 1.62. The Morgan fingerprint density at radius 1 is 1.54 bits per heavy atom. The van der Waals surface area contributed by atoms with Crippen molar-refractivity contribution >= 4 is 27.5 Å². The molecule has 2 aromatic rings. The molecule has 0 radical (unpaired) electrons. The summed E-state index contributed by atoms with van der Waals surface area (Å²) in [7, 11) is 0. The first-order valence-electron chi connectivity index (χ1n) is 3.63. The molecule has 0 unspecified atom stereocenters. The molecule has 0 amide bonds. The van der Waals surface area contributed by atoms with E-state index in [-0.39, 0.29) is 5.69 Å². The predicted molar refractivity (Wildman–Crippen MR) is 49.1 cm³/mol. The van der Waals surface area contributed by atoms with E-state index in [9.17, 15) is 4.79 Å². The van der Waals surface area contributed by atoms with Gasteiger partial charge in [-0.3, -0.25) is 0 Å². The van der Waals surface area contributed by atoms with Crippen molar-refractivity contribution in [3.8, 4) is 0 Å². The molecule has 0 aliphatic rings. The molecular weight excluding hydrogens is 188 g/mol. The molecule has 0 saturated heterocycles. The van der Waals surface area contributed by atoms with Crippen molar-refractivity contribution in [2.24, 2.45) is 0 Å². The molecule has 0 saturated carbocycles. The highest BCUT2D eigenvalue weighted by atomic mass is 32.1. The van der Waals surface area contributed by atoms with Gasteiger partial charge in [-0.25, -0.2) is 14.8 Å². The fraction of sp³-hybridized carbons (Fsp3) is 0.125. The van der Waals surface area contributed by atoms with E-state index in [1.807, 2.05) is 5.38 Å². The molecule has 2 aromatic heterocycles. The molecular formula is C8H6N2O2S. The zero-order valence-corrected chi connectivity index (χ0v) is 7.63. The number of thiophene rings is 1. The second kappa shape index (κ2) is 2.77. The average molecular weight is 194 g/mol. The number of carboxylic acids is 1. The van der Waals surface area contributed by atoms with Crippen LogP contribution in [-0.4, -0.2) is 21.0 Å². The molecule has 0 aliphatic heterocycles. The molecule has 2 heterocycles. The van der Waals surface area contributed by atoms with Crippen LogP contribution in [0.3, 0.4) is 0 Å². The molecule has 0 aromatic carbocycles. The van der Waals surface area contributed by atoms with Gasteiger partial charge < -0.3 is 5.11 Å². The smallest absolute Gasteiger partial charge is 0.356 e. The van der Waals surface area contributed by atoms with Crippen molar-refractivity contribution in [1.29, 1.82) is 0 Å². The minimum Gasteiger partial charge on any atom is -0.476 e. The number of carbonyl (C=O) groups is 1. The number of aromatic carboxylic acids is 1. The van der Waals surface area contributed by atoms with Crippen molar-refractivity contribution in [3.05, 3.63) is 23.0 Å². The van der Waals surface area contributed by atoms with Crippen LogP contribution < -0.4 is 0 Å². The second-order valence-corrected chi connectivity index (χ2v) is 3.48. The Kier molecular flexibility index (Phi) is 1.73. The van der Waals surface area contributed by atoms with Crippen molar-refractivity contribution < 1.29 is 9.90 Å². The maximum absolute atomic E-state index is 10.8. The molecule has 0 spiro atoms. The van der Waals surface area contributed by atoms with Gasteiger partial charge in [0, 0.05) is 0 Å². The molecule has 0 atom stereocenters. The van der Waals surface area contributed by atoms with Crippen molar-refractivity contribution in [2.45, 2.75) is 6.92 Å². The van der Waals surface area contributed by atoms with Gasteiger partial charge in [0.25, 0.3) is 0 Å². The molecule has 66 valence electrons. The van der Waals surface area contributed by atoms with E-state index < -0.39 is 5.97 Å². The number of carboxylic acid groups (broad SMARTS) is 1. The Hall–Kier alpha value is -1.49. The summed E-state index contributed by atoms with van der Waals surface area (Å²) < 4.78 is 0.637. The number of fused-ring (bicyclic) bond motifs is 1. The van der Waals surface area contributed by atoms with Gasteiger partial charge in [0.15, 0.2) is 5.69 Å². The highest BCUT2D eigenvalue weighted by Gasteiger charge is 2.12. The van der Waals surface area contributed by atoms with Crippen LogP contribution in [0, 0.1) is 6.92 Å². The molecule has 0 aliphatic carbocycles. The zero-order valence-electron chi connectivity index (χ0n) is 6.81. The summed E-state index contributed by atoms with van der Waals surface area (Å²) >= 11 is 1.35. The SMILES string of the molecule is Cc1nc(C(=O)O)c2sccc2n1. The first-order valence-corrected chi connectivity index (χ1v) is 4.51. The summed E-state index contributed by atoms with van der Waals surface area (Å²) in [6, 6.07) is 1.79. The summed E-state index contributed by atoms with van der Waals surface area (Å²) in [5, 5.41) is 10.7. The highest BCUT2D eigenvalue weighted by Crippen LogP contribution is 2.21. The van der Waals surface area contributed by atoms with Gasteiger partial charge in [-0.05, 0) is 18.4 Å². The molecule has 0 fully saturated rings. The van der Waals surface area contributed by atoms with Crippen LogP contribution in [0.2, 0.25) is 0 Å². The number of aryl methyl sites for hydroxylation is 1. The lowest BCUT2D eigenvalue weighted by Gasteiger charge is -1.97. The standard InChI is InChI=1S/C8H6N2O2S/c1-4-9-5-2-3-13-7(5)6(10-4)8(11)12/h2-3H,1H3,(H,11,12). The molecule has 0 bridgehead atoms. The Bertz CT molecular complexity index is 478. The third-order valence-corrected chi connectivity index (χ3v) is 2.53. The molecule has 5 heteroatoms. The molecule has 4 nitrogen and oxygen atoms in total. The van der Waals surface area contributed by atoms with E-state index in [0.717, 1.165) is 0 Å². The van der Waals surface area contributed by atoms with Crippen molar-refractivity contribution in [1.82, 2.24) is 9.97 Å². The summed E-state index contributed by atoms with van der Waals surface area (Å²) in [6.07, 6.45) is 0. The van der Waals surface area contributed by atoms with E-state index >= 15 is 0 Å². The van der Waals surface area contributed by atoms with Gasteiger partial charge in [0.05, 0.1) is 10.2 Å². The maximum Gasteiger partial charge on any atom is 0.356 e. The van der Waals surface area contributed by atoms with E-state index in [4.69, 9.17) is 5.11 Å². The van der Waals surface area contributed by atoms with Crippen molar-refractivity contribution in [2.75, 3.05) is 0 Å². The van der Waals surface area contributed by atoms with Crippen LogP contribution in [0.25, 0.3) is 10.2 Å². The van der Waals surface area contributed by atoms with E-state index in [2.05, 4.69) is 9.97 Å². The van der Waals surface area contributed by atoms with Crippen LogP contribution in [0.5, 0.6) is 0 Å². The Balaban J connectivity index is 2.84.